The molecule has 0 saturated carbocycles. The maximum Gasteiger partial charge on any atom is 0.244 e. The zero-order chi connectivity index (χ0) is 22.2. The fourth-order valence-electron chi connectivity index (χ4n) is 5.03. The number of rotatable bonds is 4. The second-order valence-electron chi connectivity index (χ2n) is 8.93. The number of amides is 2. The molecule has 1 N–H and O–H groups in total. The molecule has 3 aliphatic heterocycles. The standard InChI is InChI=1S/C25H29N3O4/c1-16-13-19-5-3-4-6-21(19)28(16)25(30)17(2)27-11-9-18(10-12-27)24(29)26-20-7-8-22-23(14-20)32-15-31-22/h3-8,14,16-18H,9-13,15H2,1-2H3,(H,26,29)/t16-,17-/m0/s1. The quantitative estimate of drug-likeness (QED) is 0.797. The van der Waals surface area contributed by atoms with Crippen molar-refractivity contribution in [1.29, 1.82) is 0 Å². The fourth-order valence-corrected chi connectivity index (χ4v) is 5.03. The Bertz CT molecular complexity index is 1030. The number of fused-ring (bicyclic) bond motifs is 2. The predicted octanol–water partition coefficient (Wildman–Crippen LogP) is 3.43. The van der Waals surface area contributed by atoms with E-state index in [9.17, 15) is 9.59 Å². The van der Waals surface area contributed by atoms with E-state index in [1.54, 1.807) is 6.07 Å². The van der Waals surface area contributed by atoms with Crippen molar-refractivity contribution in [3.8, 4) is 11.5 Å². The van der Waals surface area contributed by atoms with E-state index in [0.717, 1.165) is 38.0 Å². The van der Waals surface area contributed by atoms with E-state index in [2.05, 4.69) is 23.2 Å². The van der Waals surface area contributed by atoms with Crippen LogP contribution in [-0.2, 0) is 16.0 Å². The number of carbonyl (C=O) groups is 2. The molecule has 0 unspecified atom stereocenters. The molecule has 168 valence electrons. The summed E-state index contributed by atoms with van der Waals surface area (Å²) in [5.41, 5.74) is 2.99. The number of likely N-dealkylation sites (tertiary alicyclic amines) is 1. The van der Waals surface area contributed by atoms with E-state index >= 15 is 0 Å². The first kappa shape index (κ1) is 20.8. The molecule has 1 fully saturated rings. The lowest BCUT2D eigenvalue weighted by molar-refractivity contribution is -0.125. The first-order valence-corrected chi connectivity index (χ1v) is 11.4. The molecule has 1 saturated heterocycles. The average molecular weight is 436 g/mol. The van der Waals surface area contributed by atoms with Crippen molar-refractivity contribution < 1.29 is 19.1 Å². The van der Waals surface area contributed by atoms with Crippen molar-refractivity contribution in [2.45, 2.75) is 45.2 Å². The molecule has 2 atom stereocenters. The largest absolute Gasteiger partial charge is 0.454 e. The number of anilines is 2. The molecule has 32 heavy (non-hydrogen) atoms. The van der Waals surface area contributed by atoms with E-state index in [1.807, 2.05) is 42.2 Å². The van der Waals surface area contributed by atoms with Crippen molar-refractivity contribution in [2.24, 2.45) is 5.92 Å². The van der Waals surface area contributed by atoms with E-state index in [0.29, 0.717) is 17.2 Å². The highest BCUT2D eigenvalue weighted by Crippen LogP contribution is 2.35. The molecule has 3 heterocycles. The van der Waals surface area contributed by atoms with E-state index in [1.165, 1.54) is 5.56 Å². The van der Waals surface area contributed by atoms with Crippen LogP contribution < -0.4 is 19.7 Å². The molecule has 0 bridgehead atoms. The predicted molar refractivity (Wildman–Crippen MR) is 122 cm³/mol. The Morgan fingerprint density at radius 2 is 1.81 bits per heavy atom. The molecule has 0 aliphatic carbocycles. The smallest absolute Gasteiger partial charge is 0.244 e. The molecule has 5 rings (SSSR count). The number of piperidine rings is 1. The molecule has 7 nitrogen and oxygen atoms in total. The fraction of sp³-hybridized carbons (Fsp3) is 0.440. The van der Waals surface area contributed by atoms with Gasteiger partial charge in [-0.1, -0.05) is 18.2 Å². The third-order valence-corrected chi connectivity index (χ3v) is 6.89. The van der Waals surface area contributed by atoms with Gasteiger partial charge in [0.15, 0.2) is 11.5 Å². The molecule has 2 aromatic carbocycles. The zero-order valence-corrected chi connectivity index (χ0v) is 18.5. The summed E-state index contributed by atoms with van der Waals surface area (Å²) in [5.74, 6) is 1.45. The maximum atomic E-state index is 13.4. The minimum absolute atomic E-state index is 0.0181. The number of nitrogens with zero attached hydrogens (tertiary/aromatic N) is 2. The molecule has 3 aliphatic rings. The first-order chi connectivity index (χ1) is 15.5. The molecular weight excluding hydrogens is 406 g/mol. The Labute approximate surface area is 188 Å². The van der Waals surface area contributed by atoms with Gasteiger partial charge in [0.2, 0.25) is 18.6 Å². The van der Waals surface area contributed by atoms with E-state index in [-0.39, 0.29) is 36.6 Å². The molecule has 0 radical (unpaired) electrons. The Kier molecular flexibility index (Phi) is 5.51. The Hall–Kier alpha value is -3.06. The third-order valence-electron chi connectivity index (χ3n) is 6.89. The summed E-state index contributed by atoms with van der Waals surface area (Å²) in [7, 11) is 0. The minimum atomic E-state index is -0.207. The van der Waals surface area contributed by atoms with Crippen LogP contribution >= 0.6 is 0 Å². The number of ether oxygens (including phenoxy) is 2. The van der Waals surface area contributed by atoms with Gasteiger partial charge in [0.05, 0.1) is 6.04 Å². The van der Waals surface area contributed by atoms with Crippen LogP contribution in [0, 0.1) is 5.92 Å². The third kappa shape index (κ3) is 3.81. The van der Waals surface area contributed by atoms with Gasteiger partial charge in [-0.2, -0.15) is 0 Å². The minimum Gasteiger partial charge on any atom is -0.454 e. The van der Waals surface area contributed by atoms with Gasteiger partial charge in [0, 0.05) is 29.4 Å². The van der Waals surface area contributed by atoms with Crippen molar-refractivity contribution in [3.05, 3.63) is 48.0 Å². The number of nitrogens with one attached hydrogen (secondary N) is 1. The lowest BCUT2D eigenvalue weighted by Crippen LogP contribution is -2.52. The second kappa shape index (κ2) is 8.47. The number of hydrogen-bond acceptors (Lipinski definition) is 5. The van der Waals surface area contributed by atoms with Crippen LogP contribution in [0.5, 0.6) is 11.5 Å². The monoisotopic (exact) mass is 435 g/mol. The zero-order valence-electron chi connectivity index (χ0n) is 18.5. The second-order valence-corrected chi connectivity index (χ2v) is 8.93. The summed E-state index contributed by atoms with van der Waals surface area (Å²) in [6.07, 6.45) is 2.37. The number of para-hydroxylation sites is 1. The normalized spacial score (nSPS) is 21.3. The number of hydrogen-bond donors (Lipinski definition) is 1. The Morgan fingerprint density at radius 1 is 1.06 bits per heavy atom. The summed E-state index contributed by atoms with van der Waals surface area (Å²) in [4.78, 5) is 30.3. The van der Waals surface area contributed by atoms with Gasteiger partial charge in [-0.15, -0.1) is 0 Å². The molecule has 0 spiro atoms. The summed E-state index contributed by atoms with van der Waals surface area (Å²) < 4.78 is 10.7. The molecule has 7 heteroatoms. The first-order valence-electron chi connectivity index (χ1n) is 11.4. The topological polar surface area (TPSA) is 71.1 Å². The summed E-state index contributed by atoms with van der Waals surface area (Å²) in [6.45, 7) is 5.77. The van der Waals surface area contributed by atoms with Gasteiger partial charge >= 0.3 is 0 Å². The van der Waals surface area contributed by atoms with Crippen molar-refractivity contribution in [1.82, 2.24) is 4.90 Å². The van der Waals surface area contributed by atoms with Crippen LogP contribution in [-0.4, -0.2) is 48.7 Å². The molecular formula is C25H29N3O4. The lowest BCUT2D eigenvalue weighted by atomic mass is 9.94. The van der Waals surface area contributed by atoms with Crippen molar-refractivity contribution in [3.63, 3.8) is 0 Å². The van der Waals surface area contributed by atoms with E-state index < -0.39 is 0 Å². The SMILES string of the molecule is C[C@@H](C(=O)N1c2ccccc2C[C@@H]1C)N1CCC(C(=O)Nc2ccc3c(c2)OCO3)CC1. The average Bonchev–Trinajstić information content (AvgIpc) is 3.41. The van der Waals surface area contributed by atoms with Gasteiger partial charge in [-0.05, 0) is 70.0 Å². The number of benzene rings is 2. The van der Waals surface area contributed by atoms with Gasteiger partial charge in [0.25, 0.3) is 0 Å². The number of carbonyl (C=O) groups excluding carboxylic acids is 2. The van der Waals surface area contributed by atoms with Gasteiger partial charge in [-0.3, -0.25) is 14.5 Å². The van der Waals surface area contributed by atoms with Crippen LogP contribution in [0.3, 0.4) is 0 Å². The van der Waals surface area contributed by atoms with Crippen molar-refractivity contribution in [2.75, 3.05) is 30.1 Å². The maximum absolute atomic E-state index is 13.4. The van der Waals surface area contributed by atoms with Crippen LogP contribution in [0.25, 0.3) is 0 Å². The van der Waals surface area contributed by atoms with E-state index in [4.69, 9.17) is 9.47 Å². The molecule has 2 amide bonds. The van der Waals surface area contributed by atoms with Crippen LogP contribution in [0.1, 0.15) is 32.3 Å². The summed E-state index contributed by atoms with van der Waals surface area (Å²) in [5, 5.41) is 3.00. The molecule has 2 aromatic rings. The van der Waals surface area contributed by atoms with Crippen LogP contribution in [0.4, 0.5) is 11.4 Å². The highest BCUT2D eigenvalue weighted by atomic mass is 16.7. The Balaban J connectivity index is 1.17. The molecule has 0 aromatic heterocycles. The highest BCUT2D eigenvalue weighted by Gasteiger charge is 2.36. The van der Waals surface area contributed by atoms with Gasteiger partial charge < -0.3 is 19.7 Å². The summed E-state index contributed by atoms with van der Waals surface area (Å²) >= 11 is 0. The Morgan fingerprint density at radius 3 is 2.62 bits per heavy atom. The summed E-state index contributed by atoms with van der Waals surface area (Å²) in [6, 6.07) is 13.6. The van der Waals surface area contributed by atoms with Crippen LogP contribution in [0.15, 0.2) is 42.5 Å². The van der Waals surface area contributed by atoms with Crippen molar-refractivity contribution >= 4 is 23.2 Å². The van der Waals surface area contributed by atoms with Crippen LogP contribution in [0.2, 0.25) is 0 Å². The van der Waals surface area contributed by atoms with Gasteiger partial charge in [0.1, 0.15) is 0 Å². The lowest BCUT2D eigenvalue weighted by Gasteiger charge is -2.37. The highest BCUT2D eigenvalue weighted by molar-refractivity contribution is 5.99. The van der Waals surface area contributed by atoms with Gasteiger partial charge in [-0.25, -0.2) is 0 Å².